The highest BCUT2D eigenvalue weighted by Gasteiger charge is 2.25. The Balaban J connectivity index is 1.92. The van der Waals surface area contributed by atoms with E-state index in [1.165, 1.54) is 38.5 Å². The zero-order chi connectivity index (χ0) is 13.7. The maximum Gasteiger partial charge on any atom is 0.121 e. The smallest absolute Gasteiger partial charge is 0.121 e. The fourth-order valence-corrected chi connectivity index (χ4v) is 3.09. The minimum Gasteiger partial charge on any atom is -0.489 e. The molecular weight excluding hydrogens is 258 g/mol. The average molecular weight is 282 g/mol. The van der Waals surface area contributed by atoms with Crippen LogP contribution < -0.4 is 10.5 Å². The molecule has 0 spiro atoms. The molecular formula is C16H24ClNO. The molecule has 1 aliphatic carbocycles. The predicted octanol–water partition coefficient (Wildman–Crippen LogP) is 4.41. The van der Waals surface area contributed by atoms with E-state index in [2.05, 4.69) is 6.92 Å². The average Bonchev–Trinajstić information content (AvgIpc) is 2.66. The van der Waals surface area contributed by atoms with Crippen molar-refractivity contribution in [3.8, 4) is 5.75 Å². The summed E-state index contributed by atoms with van der Waals surface area (Å²) < 4.78 is 5.94. The van der Waals surface area contributed by atoms with E-state index in [0.717, 1.165) is 5.75 Å². The number of rotatable bonds is 4. The van der Waals surface area contributed by atoms with Gasteiger partial charge in [-0.3, -0.25) is 0 Å². The molecule has 0 aliphatic heterocycles. The third-order valence-corrected chi connectivity index (χ3v) is 4.34. The second-order valence-electron chi connectivity index (χ2n) is 5.61. The Morgan fingerprint density at radius 2 is 1.89 bits per heavy atom. The van der Waals surface area contributed by atoms with E-state index in [9.17, 15) is 0 Å². The van der Waals surface area contributed by atoms with Crippen LogP contribution >= 0.6 is 11.6 Å². The predicted molar refractivity (Wildman–Crippen MR) is 80.7 cm³/mol. The van der Waals surface area contributed by atoms with Gasteiger partial charge in [0.25, 0.3) is 0 Å². The Morgan fingerprint density at radius 3 is 2.53 bits per heavy atom. The molecule has 0 aromatic heterocycles. The van der Waals surface area contributed by atoms with Gasteiger partial charge in [0.15, 0.2) is 0 Å². The van der Waals surface area contributed by atoms with Gasteiger partial charge < -0.3 is 10.5 Å². The van der Waals surface area contributed by atoms with Crippen LogP contribution in [0.25, 0.3) is 0 Å². The van der Waals surface area contributed by atoms with E-state index in [1.807, 2.05) is 24.3 Å². The quantitative estimate of drug-likeness (QED) is 0.830. The highest BCUT2D eigenvalue weighted by molar-refractivity contribution is 6.30. The topological polar surface area (TPSA) is 35.2 Å². The number of halogens is 1. The molecule has 2 rings (SSSR count). The summed E-state index contributed by atoms with van der Waals surface area (Å²) >= 11 is 5.97. The summed E-state index contributed by atoms with van der Waals surface area (Å²) in [5.41, 5.74) is 6.39. The van der Waals surface area contributed by atoms with Crippen molar-refractivity contribution in [2.45, 2.75) is 57.6 Å². The molecule has 2 nitrogen and oxygen atoms in total. The first-order valence-electron chi connectivity index (χ1n) is 7.34. The van der Waals surface area contributed by atoms with E-state index >= 15 is 0 Å². The molecule has 1 fully saturated rings. The molecule has 1 aromatic carbocycles. The lowest BCUT2D eigenvalue weighted by molar-refractivity contribution is 0.150. The monoisotopic (exact) mass is 281 g/mol. The summed E-state index contributed by atoms with van der Waals surface area (Å²) in [6.07, 6.45) is 7.83. The van der Waals surface area contributed by atoms with Crippen molar-refractivity contribution in [1.82, 2.24) is 0 Å². The van der Waals surface area contributed by atoms with E-state index in [-0.39, 0.29) is 12.1 Å². The van der Waals surface area contributed by atoms with Crippen LogP contribution in [0, 0.1) is 5.92 Å². The minimum absolute atomic E-state index is 0.0292. The van der Waals surface area contributed by atoms with Gasteiger partial charge in [0.05, 0.1) is 0 Å². The summed E-state index contributed by atoms with van der Waals surface area (Å²) in [5, 5.41) is 0.702. The summed E-state index contributed by atoms with van der Waals surface area (Å²) in [4.78, 5) is 0. The van der Waals surface area contributed by atoms with Crippen LogP contribution in [0.5, 0.6) is 5.75 Å². The van der Waals surface area contributed by atoms with Crippen molar-refractivity contribution < 1.29 is 4.74 Å². The molecule has 1 aliphatic rings. The van der Waals surface area contributed by atoms with Crippen molar-refractivity contribution in [2.24, 2.45) is 11.7 Å². The molecule has 2 atom stereocenters. The number of ether oxygens (including phenoxy) is 1. The van der Waals surface area contributed by atoms with Crippen LogP contribution in [0.4, 0.5) is 0 Å². The van der Waals surface area contributed by atoms with E-state index in [4.69, 9.17) is 22.1 Å². The first-order valence-corrected chi connectivity index (χ1v) is 7.72. The normalized spacial score (nSPS) is 20.6. The summed E-state index contributed by atoms with van der Waals surface area (Å²) in [6.45, 7) is 2.07. The maximum absolute atomic E-state index is 6.39. The van der Waals surface area contributed by atoms with Crippen molar-refractivity contribution in [3.05, 3.63) is 29.3 Å². The molecule has 1 saturated carbocycles. The van der Waals surface area contributed by atoms with Crippen LogP contribution in [0.1, 0.15) is 45.4 Å². The molecule has 0 radical (unpaired) electrons. The van der Waals surface area contributed by atoms with Crippen LogP contribution in [-0.4, -0.2) is 12.1 Å². The summed E-state index contributed by atoms with van der Waals surface area (Å²) in [7, 11) is 0. The second-order valence-corrected chi connectivity index (χ2v) is 6.05. The zero-order valence-electron chi connectivity index (χ0n) is 11.6. The highest BCUT2D eigenvalue weighted by atomic mass is 35.5. The number of benzene rings is 1. The highest BCUT2D eigenvalue weighted by Crippen LogP contribution is 2.27. The van der Waals surface area contributed by atoms with Gasteiger partial charge in [-0.25, -0.2) is 0 Å². The maximum atomic E-state index is 6.39. The molecule has 0 saturated heterocycles. The molecule has 3 heteroatoms. The van der Waals surface area contributed by atoms with Gasteiger partial charge in [-0.15, -0.1) is 0 Å². The van der Waals surface area contributed by atoms with Gasteiger partial charge in [0, 0.05) is 11.1 Å². The molecule has 0 heterocycles. The SMILES string of the molecule is CC(Oc1cccc(Cl)c1)C(N)C1CCCCCC1. The molecule has 0 bridgehead atoms. The first kappa shape index (κ1) is 14.7. The third kappa shape index (κ3) is 4.39. The Labute approximate surface area is 121 Å². The van der Waals surface area contributed by atoms with Crippen LogP contribution in [0.15, 0.2) is 24.3 Å². The Hall–Kier alpha value is -0.730. The van der Waals surface area contributed by atoms with Crippen LogP contribution in [-0.2, 0) is 0 Å². The van der Waals surface area contributed by atoms with Crippen LogP contribution in [0.2, 0.25) is 5.02 Å². The first-order chi connectivity index (χ1) is 9.16. The lowest BCUT2D eigenvalue weighted by atomic mass is 9.89. The van der Waals surface area contributed by atoms with E-state index < -0.39 is 0 Å². The fraction of sp³-hybridized carbons (Fsp3) is 0.625. The summed E-state index contributed by atoms with van der Waals surface area (Å²) in [6, 6.07) is 7.64. The Morgan fingerprint density at radius 1 is 1.21 bits per heavy atom. The van der Waals surface area contributed by atoms with Gasteiger partial charge in [-0.05, 0) is 43.9 Å². The fourth-order valence-electron chi connectivity index (χ4n) is 2.91. The van der Waals surface area contributed by atoms with E-state index in [0.29, 0.717) is 10.9 Å². The van der Waals surface area contributed by atoms with Crippen LogP contribution in [0.3, 0.4) is 0 Å². The van der Waals surface area contributed by atoms with Crippen molar-refractivity contribution in [2.75, 3.05) is 0 Å². The van der Waals surface area contributed by atoms with Gasteiger partial charge >= 0.3 is 0 Å². The lowest BCUT2D eigenvalue weighted by Gasteiger charge is -2.28. The number of hydrogen-bond donors (Lipinski definition) is 1. The van der Waals surface area contributed by atoms with Crippen molar-refractivity contribution >= 4 is 11.6 Å². The number of nitrogens with two attached hydrogens (primary N) is 1. The standard InChI is InChI=1S/C16H24ClNO/c1-12(19-15-10-6-9-14(17)11-15)16(18)13-7-4-2-3-5-8-13/h6,9-13,16H,2-5,7-8,18H2,1H3. The molecule has 106 valence electrons. The largest absolute Gasteiger partial charge is 0.489 e. The Bertz CT molecular complexity index is 388. The van der Waals surface area contributed by atoms with Gasteiger partial charge in [0.2, 0.25) is 0 Å². The van der Waals surface area contributed by atoms with Gasteiger partial charge in [-0.2, -0.15) is 0 Å². The zero-order valence-corrected chi connectivity index (χ0v) is 12.4. The third-order valence-electron chi connectivity index (χ3n) is 4.10. The second kappa shape index (κ2) is 7.16. The molecule has 19 heavy (non-hydrogen) atoms. The van der Waals surface area contributed by atoms with Crippen molar-refractivity contribution in [1.29, 1.82) is 0 Å². The molecule has 2 unspecified atom stereocenters. The minimum atomic E-state index is 0.0292. The number of hydrogen-bond acceptors (Lipinski definition) is 2. The van der Waals surface area contributed by atoms with E-state index in [1.54, 1.807) is 0 Å². The molecule has 0 amide bonds. The summed E-state index contributed by atoms with van der Waals surface area (Å²) in [5.74, 6) is 1.40. The molecule has 2 N–H and O–H groups in total. The Kier molecular flexibility index (Phi) is 5.53. The van der Waals surface area contributed by atoms with Gasteiger partial charge in [-0.1, -0.05) is 43.4 Å². The lowest BCUT2D eigenvalue weighted by Crippen LogP contribution is -2.42. The molecule has 1 aromatic rings. The van der Waals surface area contributed by atoms with Crippen molar-refractivity contribution in [3.63, 3.8) is 0 Å². The van der Waals surface area contributed by atoms with Gasteiger partial charge in [0.1, 0.15) is 11.9 Å².